The Balaban J connectivity index is 1.67. The van der Waals surface area contributed by atoms with Gasteiger partial charge in [-0.1, -0.05) is 41.9 Å². The maximum atomic E-state index is 12.2. The van der Waals surface area contributed by atoms with E-state index >= 15 is 0 Å². The second-order valence-electron chi connectivity index (χ2n) is 5.99. The van der Waals surface area contributed by atoms with E-state index in [4.69, 9.17) is 21.1 Å². The zero-order valence-electron chi connectivity index (χ0n) is 15.6. The monoisotopic (exact) mass is 430 g/mol. The van der Waals surface area contributed by atoms with Crippen molar-refractivity contribution in [2.24, 2.45) is 5.10 Å². The predicted octanol–water partition coefficient (Wildman–Crippen LogP) is 4.24. The Hall–Kier alpha value is -3.03. The Morgan fingerprint density at radius 1 is 1.00 bits per heavy atom. The topological polar surface area (TPSA) is 77.0 Å². The molecule has 0 atom stereocenters. The summed E-state index contributed by atoms with van der Waals surface area (Å²) in [5.41, 5.74) is 1.68. The summed E-state index contributed by atoms with van der Waals surface area (Å²) in [5.74, 6) is 1.10. The lowest BCUT2D eigenvalue weighted by atomic mass is 10.2. The van der Waals surface area contributed by atoms with Gasteiger partial charge in [0.2, 0.25) is 0 Å². The Labute approximate surface area is 174 Å². The number of nitrogens with one attached hydrogen (secondary N) is 1. The Morgan fingerprint density at radius 3 is 2.41 bits per heavy atom. The Bertz CT molecular complexity index is 1090. The van der Waals surface area contributed by atoms with Crippen molar-refractivity contribution in [3.8, 4) is 11.5 Å². The molecule has 0 aliphatic carbocycles. The molecule has 0 aromatic heterocycles. The molecule has 29 heavy (non-hydrogen) atoms. The molecule has 3 rings (SSSR count). The van der Waals surface area contributed by atoms with Gasteiger partial charge < -0.3 is 9.47 Å². The van der Waals surface area contributed by atoms with E-state index < -0.39 is 10.0 Å². The zero-order valence-corrected chi connectivity index (χ0v) is 17.2. The summed E-state index contributed by atoms with van der Waals surface area (Å²) >= 11 is 5.78. The van der Waals surface area contributed by atoms with Crippen molar-refractivity contribution in [2.75, 3.05) is 7.11 Å². The Morgan fingerprint density at radius 2 is 1.72 bits per heavy atom. The van der Waals surface area contributed by atoms with Gasteiger partial charge in [0.1, 0.15) is 6.61 Å². The van der Waals surface area contributed by atoms with E-state index in [0.717, 1.165) is 5.56 Å². The minimum absolute atomic E-state index is 0.0706. The molecule has 6 nitrogen and oxygen atoms in total. The van der Waals surface area contributed by atoms with E-state index in [2.05, 4.69) is 9.93 Å². The molecule has 0 saturated heterocycles. The number of halogens is 1. The van der Waals surface area contributed by atoms with Crippen LogP contribution in [0.4, 0.5) is 0 Å². The molecular formula is C21H19ClN2O4S. The number of hydrogen-bond acceptors (Lipinski definition) is 5. The van der Waals surface area contributed by atoms with E-state index in [9.17, 15) is 8.42 Å². The van der Waals surface area contributed by atoms with Gasteiger partial charge in [0.05, 0.1) is 18.2 Å². The Kier molecular flexibility index (Phi) is 6.74. The summed E-state index contributed by atoms with van der Waals surface area (Å²) in [6, 6.07) is 20.8. The summed E-state index contributed by atoms with van der Waals surface area (Å²) in [6.45, 7) is 0.408. The average molecular weight is 431 g/mol. The lowest BCUT2D eigenvalue weighted by Crippen LogP contribution is -2.18. The van der Waals surface area contributed by atoms with Crippen LogP contribution in [0, 0.1) is 0 Å². The van der Waals surface area contributed by atoms with E-state index in [-0.39, 0.29) is 4.90 Å². The number of hydrazone groups is 1. The standard InChI is InChI=1S/C21H19ClN2O4S/c1-27-21-13-17(7-12-20(21)28-15-16-5-3-2-4-6-16)14-23-24-29(25,26)19-10-8-18(22)9-11-19/h2-14,24H,15H2,1H3/b23-14+. The number of rotatable bonds is 8. The van der Waals surface area contributed by atoms with Gasteiger partial charge in [-0.2, -0.15) is 13.5 Å². The van der Waals surface area contributed by atoms with E-state index in [0.29, 0.717) is 28.7 Å². The molecular weight excluding hydrogens is 412 g/mol. The van der Waals surface area contributed by atoms with E-state index in [1.807, 2.05) is 30.3 Å². The number of sulfonamides is 1. The minimum Gasteiger partial charge on any atom is -0.493 e. The highest BCUT2D eigenvalue weighted by Gasteiger charge is 2.12. The number of nitrogens with zero attached hydrogens (tertiary/aromatic N) is 1. The zero-order chi connectivity index (χ0) is 20.7. The van der Waals surface area contributed by atoms with Crippen LogP contribution in [-0.4, -0.2) is 21.7 Å². The maximum Gasteiger partial charge on any atom is 0.276 e. The summed E-state index contributed by atoms with van der Waals surface area (Å²) in [4.78, 5) is 2.24. The molecule has 0 saturated carbocycles. The first kappa shape index (κ1) is 20.7. The molecule has 0 aliphatic rings. The van der Waals surface area contributed by atoms with Crippen molar-refractivity contribution in [2.45, 2.75) is 11.5 Å². The van der Waals surface area contributed by atoms with Gasteiger partial charge in [0.15, 0.2) is 11.5 Å². The fourth-order valence-corrected chi connectivity index (χ4v) is 3.37. The molecule has 0 amide bonds. The first-order chi connectivity index (χ1) is 14.0. The minimum atomic E-state index is -3.77. The molecule has 3 aromatic rings. The fourth-order valence-electron chi connectivity index (χ4n) is 2.46. The maximum absolute atomic E-state index is 12.2. The van der Waals surface area contributed by atoms with Crippen molar-refractivity contribution in [1.82, 2.24) is 4.83 Å². The molecule has 0 radical (unpaired) electrons. The molecule has 0 unspecified atom stereocenters. The lowest BCUT2D eigenvalue weighted by Gasteiger charge is -2.11. The molecule has 150 valence electrons. The third kappa shape index (κ3) is 5.73. The van der Waals surface area contributed by atoms with Crippen LogP contribution in [0.25, 0.3) is 0 Å². The van der Waals surface area contributed by atoms with Gasteiger partial charge in [-0.25, -0.2) is 4.83 Å². The highest BCUT2D eigenvalue weighted by Crippen LogP contribution is 2.28. The van der Waals surface area contributed by atoms with Crippen LogP contribution in [0.2, 0.25) is 5.02 Å². The SMILES string of the molecule is COc1cc(/C=N/NS(=O)(=O)c2ccc(Cl)cc2)ccc1OCc1ccccc1. The highest BCUT2D eigenvalue weighted by molar-refractivity contribution is 7.89. The average Bonchev–Trinajstić information content (AvgIpc) is 2.73. The van der Waals surface area contributed by atoms with Crippen molar-refractivity contribution >= 4 is 27.8 Å². The van der Waals surface area contributed by atoms with E-state index in [1.165, 1.54) is 37.6 Å². The van der Waals surface area contributed by atoms with Crippen LogP contribution in [0.15, 0.2) is 82.8 Å². The van der Waals surface area contributed by atoms with Crippen LogP contribution in [0.5, 0.6) is 11.5 Å². The van der Waals surface area contributed by atoms with E-state index in [1.54, 1.807) is 18.2 Å². The second kappa shape index (κ2) is 9.45. The largest absolute Gasteiger partial charge is 0.493 e. The van der Waals surface area contributed by atoms with Crippen molar-refractivity contribution in [3.63, 3.8) is 0 Å². The molecule has 0 bridgehead atoms. The first-order valence-corrected chi connectivity index (χ1v) is 10.5. The summed E-state index contributed by atoms with van der Waals surface area (Å²) < 4.78 is 35.6. The smallest absolute Gasteiger partial charge is 0.276 e. The van der Waals surface area contributed by atoms with Gasteiger partial charge in [0.25, 0.3) is 10.0 Å². The molecule has 8 heteroatoms. The lowest BCUT2D eigenvalue weighted by molar-refractivity contribution is 0.284. The number of ether oxygens (including phenoxy) is 2. The van der Waals surface area contributed by atoms with Gasteiger partial charge in [-0.15, -0.1) is 0 Å². The molecule has 0 heterocycles. The van der Waals surface area contributed by atoms with Crippen LogP contribution < -0.4 is 14.3 Å². The number of methoxy groups -OCH3 is 1. The molecule has 1 N–H and O–H groups in total. The van der Waals surface area contributed by atoms with Crippen molar-refractivity contribution < 1.29 is 17.9 Å². The number of hydrogen-bond donors (Lipinski definition) is 1. The van der Waals surface area contributed by atoms with Gasteiger partial charge >= 0.3 is 0 Å². The third-order valence-corrected chi connectivity index (χ3v) is 5.43. The normalized spacial score (nSPS) is 11.4. The molecule has 0 fully saturated rings. The van der Waals surface area contributed by atoms with Crippen LogP contribution >= 0.6 is 11.6 Å². The first-order valence-electron chi connectivity index (χ1n) is 8.63. The van der Waals surface area contributed by atoms with Gasteiger partial charge in [-0.05, 0) is 53.6 Å². The predicted molar refractivity (Wildman–Crippen MR) is 113 cm³/mol. The molecule has 0 aliphatic heterocycles. The van der Waals surface area contributed by atoms with Crippen molar-refractivity contribution in [1.29, 1.82) is 0 Å². The van der Waals surface area contributed by atoms with Crippen LogP contribution in [0.1, 0.15) is 11.1 Å². The third-order valence-electron chi connectivity index (χ3n) is 3.94. The summed E-state index contributed by atoms with van der Waals surface area (Å²) in [7, 11) is -2.24. The summed E-state index contributed by atoms with van der Waals surface area (Å²) in [5, 5.41) is 4.27. The second-order valence-corrected chi connectivity index (χ2v) is 8.09. The summed E-state index contributed by atoms with van der Waals surface area (Å²) in [6.07, 6.45) is 1.39. The highest BCUT2D eigenvalue weighted by atomic mass is 35.5. The number of benzene rings is 3. The molecule has 3 aromatic carbocycles. The van der Waals surface area contributed by atoms with Gasteiger partial charge in [-0.3, -0.25) is 0 Å². The van der Waals surface area contributed by atoms with Gasteiger partial charge in [0, 0.05) is 5.02 Å². The molecule has 0 spiro atoms. The van der Waals surface area contributed by atoms with Crippen molar-refractivity contribution in [3.05, 3.63) is 88.9 Å². The fraction of sp³-hybridized carbons (Fsp3) is 0.0952. The van der Waals surface area contributed by atoms with Crippen LogP contribution in [0.3, 0.4) is 0 Å². The quantitative estimate of drug-likeness (QED) is 0.428. The van der Waals surface area contributed by atoms with Crippen LogP contribution in [-0.2, 0) is 16.6 Å².